The molecule has 0 N–H and O–H groups in total. The van der Waals surface area contributed by atoms with Crippen LogP contribution in [0.4, 0.5) is 0 Å². The molecule has 0 saturated carbocycles. The summed E-state index contributed by atoms with van der Waals surface area (Å²) in [6.07, 6.45) is 7.40. The van der Waals surface area contributed by atoms with Gasteiger partial charge < -0.3 is 24.8 Å². The predicted octanol–water partition coefficient (Wildman–Crippen LogP) is 2.43. The first kappa shape index (κ1) is 29.3. The zero-order valence-corrected chi connectivity index (χ0v) is 23.9. The molecule has 0 fully saturated rings. The van der Waals surface area contributed by atoms with E-state index in [9.17, 15) is 0 Å². The molecule has 0 spiro atoms. The van der Waals surface area contributed by atoms with E-state index in [2.05, 4.69) is 95.2 Å². The number of rotatable bonds is 2. The van der Waals surface area contributed by atoms with Gasteiger partial charge in [-0.2, -0.15) is 0 Å². The summed E-state index contributed by atoms with van der Waals surface area (Å²) in [5.41, 5.74) is 7.66. The standard InChI is InChI=1S/2C13H21.2ClH.Ti/c2*1-12(2,3)10-7-8-11(9-10)13(4,5)6;;;/h2*7H,8H2,1-6H3;2*1H;/q;;;;+2/p-2. The molecule has 0 bridgehead atoms. The molecule has 0 aliphatic heterocycles. The van der Waals surface area contributed by atoms with Crippen molar-refractivity contribution >= 4 is 0 Å². The fourth-order valence-corrected chi connectivity index (χ4v) is 8.54. The molecule has 0 unspecified atom stereocenters. The number of hydrogen-bond acceptors (Lipinski definition) is 0. The zero-order chi connectivity index (χ0) is 21.0. The second kappa shape index (κ2) is 9.40. The number of hydrogen-bond donors (Lipinski definition) is 0. The SMILES string of the molecule is CC(C)(C)C1=CCC(C(C)(C)C)=[C]1[Ti+2][C]1=C(C(C)(C)C)CC=C1C(C)(C)C.[Cl-].[Cl-]. The fraction of sp³-hybridized carbons (Fsp3) is 0.692. The van der Waals surface area contributed by atoms with Crippen LogP contribution in [0.1, 0.15) is 95.9 Å². The molecule has 2 rings (SSSR count). The molecule has 0 radical (unpaired) electrons. The molecule has 0 aromatic heterocycles. The van der Waals surface area contributed by atoms with E-state index >= 15 is 0 Å². The molecular weight excluding hydrogens is 431 g/mol. The summed E-state index contributed by atoms with van der Waals surface area (Å²) in [6, 6.07) is 0. The molecule has 2 aliphatic rings. The summed E-state index contributed by atoms with van der Waals surface area (Å²) >= 11 is -0.360. The minimum absolute atomic E-state index is 0. The van der Waals surface area contributed by atoms with Gasteiger partial charge in [-0.15, -0.1) is 0 Å². The van der Waals surface area contributed by atoms with Crippen LogP contribution in [-0.2, 0) is 19.2 Å². The largest absolute Gasteiger partial charge is 1.00 e. The van der Waals surface area contributed by atoms with Crippen molar-refractivity contribution in [3.8, 4) is 0 Å². The Balaban J connectivity index is 0.00000392. The quantitative estimate of drug-likeness (QED) is 0.541. The van der Waals surface area contributed by atoms with Gasteiger partial charge in [0.25, 0.3) is 0 Å². The van der Waals surface area contributed by atoms with Crippen LogP contribution >= 0.6 is 0 Å². The molecule has 0 saturated heterocycles. The van der Waals surface area contributed by atoms with Crippen LogP contribution in [0.15, 0.2) is 42.2 Å². The van der Waals surface area contributed by atoms with Crippen molar-refractivity contribution in [2.75, 3.05) is 0 Å². The Morgan fingerprint density at radius 3 is 1.00 bits per heavy atom. The van der Waals surface area contributed by atoms with E-state index in [-0.39, 0.29) is 65.6 Å². The van der Waals surface area contributed by atoms with Crippen molar-refractivity contribution in [2.45, 2.75) is 95.9 Å². The van der Waals surface area contributed by atoms with Gasteiger partial charge in [0.15, 0.2) is 0 Å². The Kier molecular flexibility index (Phi) is 9.48. The summed E-state index contributed by atoms with van der Waals surface area (Å²) in [6.45, 7) is 28.8. The summed E-state index contributed by atoms with van der Waals surface area (Å²) in [7, 11) is 0. The van der Waals surface area contributed by atoms with E-state index in [1.54, 1.807) is 30.0 Å². The van der Waals surface area contributed by atoms with Gasteiger partial charge in [0.2, 0.25) is 0 Å². The van der Waals surface area contributed by atoms with E-state index in [1.165, 1.54) is 0 Å². The predicted molar refractivity (Wildman–Crippen MR) is 117 cm³/mol. The van der Waals surface area contributed by atoms with Crippen LogP contribution in [0, 0.1) is 21.7 Å². The van der Waals surface area contributed by atoms with E-state index in [4.69, 9.17) is 0 Å². The van der Waals surface area contributed by atoms with Gasteiger partial charge in [0, 0.05) is 0 Å². The minimum Gasteiger partial charge on any atom is -1.00 e. The van der Waals surface area contributed by atoms with Gasteiger partial charge >= 0.3 is 179 Å². The summed E-state index contributed by atoms with van der Waals surface area (Å²) in [5.74, 6) is 0. The van der Waals surface area contributed by atoms with Crippen molar-refractivity contribution in [3.63, 3.8) is 0 Å². The molecule has 164 valence electrons. The van der Waals surface area contributed by atoms with Gasteiger partial charge in [-0.25, -0.2) is 0 Å². The normalized spacial score (nSPS) is 18.2. The van der Waals surface area contributed by atoms with Crippen LogP contribution < -0.4 is 24.8 Å². The fourth-order valence-electron chi connectivity index (χ4n) is 4.28. The molecule has 0 aromatic carbocycles. The van der Waals surface area contributed by atoms with Gasteiger partial charge in [-0.3, -0.25) is 0 Å². The second-order valence-electron chi connectivity index (χ2n) is 12.5. The van der Waals surface area contributed by atoms with Crippen LogP contribution in [0.2, 0.25) is 0 Å². The van der Waals surface area contributed by atoms with Gasteiger partial charge in [-0.05, 0) is 0 Å². The molecule has 29 heavy (non-hydrogen) atoms. The molecule has 0 heterocycles. The third-order valence-electron chi connectivity index (χ3n) is 5.84. The molecular formula is C26H42Cl2Ti. The maximum atomic E-state index is 2.55. The van der Waals surface area contributed by atoms with Gasteiger partial charge in [0.05, 0.1) is 0 Å². The Morgan fingerprint density at radius 1 is 0.517 bits per heavy atom. The van der Waals surface area contributed by atoms with E-state index in [0.29, 0.717) is 0 Å². The molecule has 2 aliphatic carbocycles. The third-order valence-corrected chi connectivity index (χ3v) is 8.40. The second-order valence-corrected chi connectivity index (χ2v) is 14.4. The van der Waals surface area contributed by atoms with Gasteiger partial charge in [0.1, 0.15) is 0 Å². The van der Waals surface area contributed by atoms with Crippen molar-refractivity contribution in [2.24, 2.45) is 21.7 Å². The van der Waals surface area contributed by atoms with Crippen molar-refractivity contribution < 1.29 is 44.0 Å². The average Bonchev–Trinajstić information content (AvgIpc) is 2.99. The van der Waals surface area contributed by atoms with E-state index in [0.717, 1.165) is 12.8 Å². The topological polar surface area (TPSA) is 0 Å². The zero-order valence-electron chi connectivity index (χ0n) is 20.8. The third kappa shape index (κ3) is 6.62. The Bertz CT molecular complexity index is 670. The molecule has 3 heteroatoms. The Labute approximate surface area is 202 Å². The summed E-state index contributed by atoms with van der Waals surface area (Å²) in [4.78, 5) is 0. The first-order valence-corrected chi connectivity index (χ1v) is 12.2. The average molecular weight is 473 g/mol. The van der Waals surface area contributed by atoms with Crippen molar-refractivity contribution in [1.82, 2.24) is 0 Å². The van der Waals surface area contributed by atoms with Crippen molar-refractivity contribution in [3.05, 3.63) is 42.2 Å². The maximum Gasteiger partial charge on any atom is -1.00 e. The Hall–Kier alpha value is 0.254. The smallest absolute Gasteiger partial charge is 1.00 e. The minimum atomic E-state index is -0.360. The van der Waals surface area contributed by atoms with Crippen LogP contribution in [0.3, 0.4) is 0 Å². The van der Waals surface area contributed by atoms with Gasteiger partial charge in [-0.1, -0.05) is 0 Å². The Morgan fingerprint density at radius 2 is 0.793 bits per heavy atom. The molecule has 0 nitrogen and oxygen atoms in total. The van der Waals surface area contributed by atoms with Crippen LogP contribution in [-0.4, -0.2) is 0 Å². The van der Waals surface area contributed by atoms with Crippen LogP contribution in [0.5, 0.6) is 0 Å². The first-order valence-electron chi connectivity index (χ1n) is 10.6. The van der Waals surface area contributed by atoms with Crippen molar-refractivity contribution in [1.29, 1.82) is 0 Å². The van der Waals surface area contributed by atoms with E-state index < -0.39 is 0 Å². The monoisotopic (exact) mass is 472 g/mol. The van der Waals surface area contributed by atoms with Crippen LogP contribution in [0.25, 0.3) is 0 Å². The van der Waals surface area contributed by atoms with E-state index in [1.807, 2.05) is 0 Å². The first-order chi connectivity index (χ1) is 11.9. The number of halogens is 2. The molecule has 0 atom stereocenters. The molecule has 0 aromatic rings. The molecule has 0 amide bonds. The maximum absolute atomic E-state index is 2.55. The number of allylic oxidation sites excluding steroid dienone is 8. The summed E-state index contributed by atoms with van der Waals surface area (Å²) < 4.78 is 3.51. The summed E-state index contributed by atoms with van der Waals surface area (Å²) in [5, 5.41) is 0.